The van der Waals surface area contributed by atoms with E-state index in [1.165, 1.54) is 148 Å². The highest BCUT2D eigenvalue weighted by Crippen LogP contribution is 2.23. The van der Waals surface area contributed by atoms with Crippen molar-refractivity contribution in [2.45, 2.75) is 263 Å². The van der Waals surface area contributed by atoms with Crippen molar-refractivity contribution < 1.29 is 53.8 Å². The molecule has 1 saturated heterocycles. The summed E-state index contributed by atoms with van der Waals surface area (Å²) in [4.78, 5) is 36.8. The van der Waals surface area contributed by atoms with Gasteiger partial charge in [-0.2, -0.15) is 0 Å². The highest BCUT2D eigenvalue weighted by Gasteiger charge is 2.47. The number of esters is 2. The predicted molar refractivity (Wildman–Crippen MR) is 225 cm³/mol. The SMILES string of the molecule is CCCCCCCCCCCCCCCCCCCCCC(=O)OCC(COC1OC(C(=O)O)C(O)C(O)C1O)OC(=O)CCCCCCCCCCCCCC. The fraction of sp³-hybridized carbons (Fsp3) is 0.935. The highest BCUT2D eigenvalue weighted by atomic mass is 16.7. The Kier molecular flexibility index (Phi) is 34.8. The molecule has 57 heavy (non-hydrogen) atoms. The normalized spacial score (nSPS) is 20.1. The van der Waals surface area contributed by atoms with Crippen LogP contribution in [0.4, 0.5) is 0 Å². The molecule has 0 aliphatic carbocycles. The van der Waals surface area contributed by atoms with E-state index in [-0.39, 0.29) is 26.1 Å². The summed E-state index contributed by atoms with van der Waals surface area (Å²) in [6, 6.07) is 0. The predicted octanol–water partition coefficient (Wildman–Crippen LogP) is 10.3. The van der Waals surface area contributed by atoms with E-state index in [0.29, 0.717) is 12.8 Å². The Morgan fingerprint density at radius 2 is 0.825 bits per heavy atom. The van der Waals surface area contributed by atoms with Crippen LogP contribution in [0.15, 0.2) is 0 Å². The summed E-state index contributed by atoms with van der Waals surface area (Å²) in [5, 5.41) is 39.8. The van der Waals surface area contributed by atoms with Crippen LogP contribution in [-0.2, 0) is 33.3 Å². The number of carbonyl (C=O) groups is 3. The second kappa shape index (κ2) is 37.2. The first-order valence-electron chi connectivity index (χ1n) is 23.6. The summed E-state index contributed by atoms with van der Waals surface area (Å²) in [6.45, 7) is 3.84. The minimum atomic E-state index is -1.86. The van der Waals surface area contributed by atoms with Crippen LogP contribution in [-0.4, -0.2) is 88.4 Å². The third kappa shape index (κ3) is 29.1. The number of carboxylic acids is 1. The second-order valence-electron chi connectivity index (χ2n) is 16.6. The molecule has 1 fully saturated rings. The smallest absolute Gasteiger partial charge is 0.335 e. The summed E-state index contributed by atoms with van der Waals surface area (Å²) in [6.07, 6.45) is 28.7. The highest BCUT2D eigenvalue weighted by molar-refractivity contribution is 5.73. The van der Waals surface area contributed by atoms with Gasteiger partial charge in [0.15, 0.2) is 18.5 Å². The van der Waals surface area contributed by atoms with Gasteiger partial charge in [-0.25, -0.2) is 4.79 Å². The molecule has 4 N–H and O–H groups in total. The molecule has 11 heteroatoms. The molecule has 0 aromatic rings. The van der Waals surface area contributed by atoms with Gasteiger partial charge >= 0.3 is 17.9 Å². The summed E-state index contributed by atoms with van der Waals surface area (Å²) < 4.78 is 21.8. The molecule has 0 radical (unpaired) electrons. The van der Waals surface area contributed by atoms with Crippen molar-refractivity contribution in [1.82, 2.24) is 0 Å². The van der Waals surface area contributed by atoms with Gasteiger partial charge in [0.25, 0.3) is 0 Å². The number of hydrogen-bond donors (Lipinski definition) is 4. The van der Waals surface area contributed by atoms with E-state index in [1.807, 2.05) is 0 Å². The maximum atomic E-state index is 12.7. The molecule has 1 heterocycles. The minimum Gasteiger partial charge on any atom is -0.479 e. The van der Waals surface area contributed by atoms with E-state index in [2.05, 4.69) is 13.8 Å². The van der Waals surface area contributed by atoms with Gasteiger partial charge in [0.05, 0.1) is 6.61 Å². The number of ether oxygens (including phenoxy) is 4. The molecule has 1 aliphatic rings. The third-order valence-corrected chi connectivity index (χ3v) is 11.2. The van der Waals surface area contributed by atoms with Crippen molar-refractivity contribution in [3.63, 3.8) is 0 Å². The molecule has 0 saturated carbocycles. The van der Waals surface area contributed by atoms with Crippen molar-refractivity contribution in [2.24, 2.45) is 0 Å². The van der Waals surface area contributed by atoms with Gasteiger partial charge in [-0.1, -0.05) is 200 Å². The van der Waals surface area contributed by atoms with Gasteiger partial charge in [0.2, 0.25) is 0 Å². The van der Waals surface area contributed by atoms with Gasteiger partial charge < -0.3 is 39.4 Å². The molecule has 0 bridgehead atoms. The molecule has 0 aromatic heterocycles. The van der Waals surface area contributed by atoms with Crippen molar-refractivity contribution in [1.29, 1.82) is 0 Å². The van der Waals surface area contributed by atoms with Crippen LogP contribution in [0.3, 0.4) is 0 Å². The second-order valence-corrected chi connectivity index (χ2v) is 16.6. The van der Waals surface area contributed by atoms with Crippen molar-refractivity contribution in [2.75, 3.05) is 13.2 Å². The number of rotatable bonds is 40. The molecule has 0 amide bonds. The first kappa shape index (κ1) is 53.2. The lowest BCUT2D eigenvalue weighted by molar-refractivity contribution is -0.298. The number of carboxylic acid groups (broad SMARTS) is 1. The lowest BCUT2D eigenvalue weighted by Crippen LogP contribution is -2.60. The lowest BCUT2D eigenvalue weighted by Gasteiger charge is -2.38. The van der Waals surface area contributed by atoms with E-state index in [9.17, 15) is 34.8 Å². The fourth-order valence-corrected chi connectivity index (χ4v) is 7.47. The number of aliphatic hydroxyl groups is 3. The van der Waals surface area contributed by atoms with Gasteiger partial charge in [-0.05, 0) is 12.8 Å². The van der Waals surface area contributed by atoms with Gasteiger partial charge in [0.1, 0.15) is 24.9 Å². The average molecular weight is 815 g/mol. The van der Waals surface area contributed by atoms with Gasteiger partial charge in [-0.15, -0.1) is 0 Å². The largest absolute Gasteiger partial charge is 0.479 e. The number of aliphatic hydroxyl groups excluding tert-OH is 3. The zero-order chi connectivity index (χ0) is 41.8. The van der Waals surface area contributed by atoms with E-state index >= 15 is 0 Å². The number of aliphatic carboxylic acids is 1. The third-order valence-electron chi connectivity index (χ3n) is 11.2. The summed E-state index contributed by atoms with van der Waals surface area (Å²) in [7, 11) is 0. The molecule has 6 atom stereocenters. The Morgan fingerprint density at radius 1 is 0.474 bits per heavy atom. The Bertz CT molecular complexity index is 963. The van der Waals surface area contributed by atoms with Crippen molar-refractivity contribution >= 4 is 17.9 Å². The van der Waals surface area contributed by atoms with E-state index in [0.717, 1.165) is 38.5 Å². The minimum absolute atomic E-state index is 0.190. The lowest BCUT2D eigenvalue weighted by atomic mass is 9.99. The van der Waals surface area contributed by atoms with Crippen LogP contribution in [0.5, 0.6) is 0 Å². The van der Waals surface area contributed by atoms with Gasteiger partial charge in [-0.3, -0.25) is 9.59 Å². The fourth-order valence-electron chi connectivity index (χ4n) is 7.47. The standard InChI is InChI=1S/C46H86O11/c1-3-5-7-9-11-13-15-17-18-19-20-21-22-23-25-26-28-30-32-34-39(47)54-36-38(37-55-46-43(51)41(49)42(50)44(57-46)45(52)53)56-40(48)35-33-31-29-27-24-16-14-12-10-8-6-4-2/h38,41-44,46,49-51H,3-37H2,1-2H3,(H,52,53). The van der Waals surface area contributed by atoms with Crippen LogP contribution in [0.25, 0.3) is 0 Å². The maximum absolute atomic E-state index is 12.7. The molecule has 0 aromatic carbocycles. The summed E-state index contributed by atoms with van der Waals surface area (Å²) in [5.41, 5.74) is 0. The molecule has 336 valence electrons. The van der Waals surface area contributed by atoms with E-state index in [4.69, 9.17) is 18.9 Å². The van der Waals surface area contributed by atoms with Crippen LogP contribution >= 0.6 is 0 Å². The Labute approximate surface area is 346 Å². The average Bonchev–Trinajstić information content (AvgIpc) is 3.19. The molecule has 0 spiro atoms. The molecule has 11 nitrogen and oxygen atoms in total. The quantitative estimate of drug-likeness (QED) is 0.0343. The van der Waals surface area contributed by atoms with Crippen molar-refractivity contribution in [3.05, 3.63) is 0 Å². The first-order valence-corrected chi connectivity index (χ1v) is 23.6. The van der Waals surface area contributed by atoms with Crippen LogP contribution in [0.2, 0.25) is 0 Å². The van der Waals surface area contributed by atoms with Gasteiger partial charge in [0, 0.05) is 12.8 Å². The molecule has 1 rings (SSSR count). The van der Waals surface area contributed by atoms with Crippen LogP contribution < -0.4 is 0 Å². The molecule has 6 unspecified atom stereocenters. The monoisotopic (exact) mass is 815 g/mol. The Morgan fingerprint density at radius 3 is 1.19 bits per heavy atom. The van der Waals surface area contributed by atoms with Crippen LogP contribution in [0.1, 0.15) is 226 Å². The maximum Gasteiger partial charge on any atom is 0.335 e. The first-order chi connectivity index (χ1) is 27.7. The summed E-state index contributed by atoms with van der Waals surface area (Å²) >= 11 is 0. The number of carbonyl (C=O) groups excluding carboxylic acids is 2. The van der Waals surface area contributed by atoms with Crippen LogP contribution in [0, 0.1) is 0 Å². The van der Waals surface area contributed by atoms with Crippen molar-refractivity contribution in [3.8, 4) is 0 Å². The summed E-state index contributed by atoms with van der Waals surface area (Å²) in [5.74, 6) is -2.42. The molecule has 1 aliphatic heterocycles. The zero-order valence-electron chi connectivity index (χ0n) is 36.4. The molecular formula is C46H86O11. The topological polar surface area (TPSA) is 169 Å². The zero-order valence-corrected chi connectivity index (χ0v) is 36.4. The Balaban J connectivity index is 2.30. The van der Waals surface area contributed by atoms with E-state index in [1.54, 1.807) is 0 Å². The van der Waals surface area contributed by atoms with E-state index < -0.39 is 54.7 Å². The molecular weight excluding hydrogens is 728 g/mol. The number of hydrogen-bond acceptors (Lipinski definition) is 10. The number of unbranched alkanes of at least 4 members (excludes halogenated alkanes) is 29. The Hall–Kier alpha value is -1.79.